The van der Waals surface area contributed by atoms with E-state index in [1.165, 1.54) is 0 Å². The maximum atomic E-state index is 13.1. The van der Waals surface area contributed by atoms with Crippen molar-refractivity contribution in [3.63, 3.8) is 0 Å². The zero-order valence-electron chi connectivity index (χ0n) is 20.7. The van der Waals surface area contributed by atoms with Crippen LogP contribution in [-0.2, 0) is 28.4 Å². The van der Waals surface area contributed by atoms with E-state index in [1.807, 2.05) is 33.7 Å². The molecule has 0 aromatic rings. The van der Waals surface area contributed by atoms with Crippen molar-refractivity contribution in [2.75, 3.05) is 13.2 Å². The molecule has 0 radical (unpaired) electrons. The van der Waals surface area contributed by atoms with E-state index in [0.717, 1.165) is 9.16 Å². The van der Waals surface area contributed by atoms with Gasteiger partial charge in [0.25, 0.3) is 0 Å². The third kappa shape index (κ3) is 5.24. The molecule has 31 heavy (non-hydrogen) atoms. The molecule has 1 saturated heterocycles. The molecular formula is C23H39BO6Sn. The van der Waals surface area contributed by atoms with Crippen LogP contribution in [0.2, 0.25) is 14.8 Å². The molecule has 6 nitrogen and oxygen atoms in total. The summed E-state index contributed by atoms with van der Waals surface area (Å²) >= 11 is -2.57. The third-order valence-corrected chi connectivity index (χ3v) is 13.3. The fraction of sp³-hybridized carbons (Fsp3) is 0.739. The normalized spacial score (nSPS) is 25.5. The molecule has 174 valence electrons. The van der Waals surface area contributed by atoms with Gasteiger partial charge in [0, 0.05) is 0 Å². The van der Waals surface area contributed by atoms with Gasteiger partial charge in [-0.05, 0) is 0 Å². The van der Waals surface area contributed by atoms with Gasteiger partial charge >= 0.3 is 192 Å². The van der Waals surface area contributed by atoms with Gasteiger partial charge in [-0.3, -0.25) is 0 Å². The summed E-state index contributed by atoms with van der Waals surface area (Å²) in [6, 6.07) is 0. The summed E-state index contributed by atoms with van der Waals surface area (Å²) in [7, 11) is -0.550. The van der Waals surface area contributed by atoms with Crippen molar-refractivity contribution < 1.29 is 28.4 Å². The van der Waals surface area contributed by atoms with Crippen LogP contribution in [0.1, 0.15) is 54.4 Å². The zero-order valence-corrected chi connectivity index (χ0v) is 23.6. The Morgan fingerprint density at radius 2 is 1.52 bits per heavy atom. The average molecular weight is 541 g/mol. The summed E-state index contributed by atoms with van der Waals surface area (Å²) in [5.41, 5.74) is -1.34. The molecule has 1 heterocycles. The van der Waals surface area contributed by atoms with E-state index in [0.29, 0.717) is 6.42 Å². The van der Waals surface area contributed by atoms with E-state index >= 15 is 0 Å². The van der Waals surface area contributed by atoms with Gasteiger partial charge in [-0.2, -0.15) is 0 Å². The number of carbonyl (C=O) groups excluding carboxylic acids is 2. The monoisotopic (exact) mass is 542 g/mol. The summed E-state index contributed by atoms with van der Waals surface area (Å²) < 4.78 is 24.2. The first-order valence-corrected chi connectivity index (χ1v) is 21.2. The van der Waals surface area contributed by atoms with Crippen LogP contribution < -0.4 is 0 Å². The van der Waals surface area contributed by atoms with Crippen molar-refractivity contribution in [1.29, 1.82) is 0 Å². The fourth-order valence-electron chi connectivity index (χ4n) is 4.13. The summed E-state index contributed by atoms with van der Waals surface area (Å²) in [6.07, 6.45) is 0.559. The Labute approximate surface area is 192 Å². The second-order valence-electron chi connectivity index (χ2n) is 10.6. The molecule has 0 aromatic carbocycles. The molecule has 1 saturated carbocycles. The van der Waals surface area contributed by atoms with Crippen LogP contribution in [0.5, 0.6) is 0 Å². The molecule has 1 aliphatic heterocycles. The molecule has 0 bridgehead atoms. The van der Waals surface area contributed by atoms with Crippen LogP contribution in [0.15, 0.2) is 21.7 Å². The Hall–Kier alpha value is -0.796. The number of esters is 2. The number of hydrogen-bond acceptors (Lipinski definition) is 6. The van der Waals surface area contributed by atoms with Crippen LogP contribution >= 0.6 is 0 Å². The molecule has 2 rings (SSSR count). The Morgan fingerprint density at radius 3 is 1.90 bits per heavy atom. The molecule has 1 atom stereocenters. The molecule has 1 unspecified atom stereocenters. The number of carbonyl (C=O) groups is 2. The van der Waals surface area contributed by atoms with Gasteiger partial charge in [0.1, 0.15) is 0 Å². The zero-order chi connectivity index (χ0) is 23.8. The molecule has 2 fully saturated rings. The van der Waals surface area contributed by atoms with Crippen LogP contribution in [0.4, 0.5) is 0 Å². The number of hydrogen-bond donors (Lipinski definition) is 0. The Kier molecular flexibility index (Phi) is 7.87. The van der Waals surface area contributed by atoms with Gasteiger partial charge < -0.3 is 0 Å². The van der Waals surface area contributed by atoms with E-state index in [1.54, 1.807) is 13.8 Å². The van der Waals surface area contributed by atoms with Gasteiger partial charge in [0.05, 0.1) is 0 Å². The van der Waals surface area contributed by atoms with Crippen LogP contribution in [0.3, 0.4) is 0 Å². The van der Waals surface area contributed by atoms with Crippen molar-refractivity contribution in [2.45, 2.75) is 80.4 Å². The summed E-state index contributed by atoms with van der Waals surface area (Å²) in [5, 5.41) is 0. The second kappa shape index (κ2) is 9.22. The molecule has 0 N–H and O–H groups in total. The summed E-state index contributed by atoms with van der Waals surface area (Å²) in [6.45, 7) is 16.4. The van der Waals surface area contributed by atoms with Gasteiger partial charge in [-0.25, -0.2) is 0 Å². The van der Waals surface area contributed by atoms with E-state index in [-0.39, 0.29) is 25.6 Å². The van der Waals surface area contributed by atoms with Crippen LogP contribution in [-0.4, -0.2) is 61.8 Å². The number of allylic oxidation sites excluding steroid dienone is 2. The molecule has 0 aromatic heterocycles. The average Bonchev–Trinajstić information content (AvgIpc) is 3.09. The van der Waals surface area contributed by atoms with Crippen molar-refractivity contribution in [1.82, 2.24) is 0 Å². The fourth-order valence-corrected chi connectivity index (χ4v) is 7.94. The first-order valence-electron chi connectivity index (χ1n) is 11.2. The van der Waals surface area contributed by atoms with E-state index in [9.17, 15) is 9.59 Å². The van der Waals surface area contributed by atoms with E-state index in [2.05, 4.69) is 21.4 Å². The minimum atomic E-state index is -2.57. The van der Waals surface area contributed by atoms with Crippen molar-refractivity contribution in [2.24, 2.45) is 11.3 Å². The van der Waals surface area contributed by atoms with Crippen LogP contribution in [0, 0.1) is 11.3 Å². The molecular weight excluding hydrogens is 502 g/mol. The molecule has 0 amide bonds. The Bertz CT molecular complexity index is 731. The minimum absolute atomic E-state index is 0.0939. The van der Waals surface area contributed by atoms with Crippen molar-refractivity contribution in [3.8, 4) is 0 Å². The van der Waals surface area contributed by atoms with Crippen LogP contribution in [0.25, 0.3) is 0 Å². The first-order chi connectivity index (χ1) is 14.1. The standard InChI is InChI=1S/C20H30BO6.3CH3.Sn/c1-8-14-11-20(16(22)24-9-2,17(23)25-10-3)12-15(14)13-21-26-18(4,5)19(6,7)27-21;;;;/h13-14H,1,9-12H2,2-7H3;3*1H3;/b15-13-;;;;. The molecule has 8 heteroatoms. The molecule has 0 spiro atoms. The number of rotatable bonds is 7. The maximum absolute atomic E-state index is 13.1. The van der Waals surface area contributed by atoms with Gasteiger partial charge in [-0.1, -0.05) is 0 Å². The van der Waals surface area contributed by atoms with E-state index < -0.39 is 54.1 Å². The van der Waals surface area contributed by atoms with E-state index in [4.69, 9.17) is 18.8 Å². The Morgan fingerprint density at radius 1 is 1.06 bits per heavy atom. The number of ether oxygens (including phenoxy) is 2. The van der Waals surface area contributed by atoms with Crippen molar-refractivity contribution >= 4 is 37.4 Å². The summed E-state index contributed by atoms with van der Waals surface area (Å²) in [5.74, 6) is 0.813. The van der Waals surface area contributed by atoms with Gasteiger partial charge in [0.2, 0.25) is 0 Å². The summed E-state index contributed by atoms with van der Waals surface area (Å²) in [4.78, 5) is 33.0. The molecule has 1 aliphatic carbocycles. The SMILES string of the molecule is C=[C](C1CC(C(=O)OCC)(C(=O)OCC)C/C1=C/B1OC(C)(C)C(C)(C)O1)[Sn]([CH3])([CH3])[CH3]. The third-order valence-electron chi connectivity index (χ3n) is 6.84. The van der Waals surface area contributed by atoms with Crippen molar-refractivity contribution in [3.05, 3.63) is 21.7 Å². The quantitative estimate of drug-likeness (QED) is 0.269. The van der Waals surface area contributed by atoms with Gasteiger partial charge in [0.15, 0.2) is 0 Å². The second-order valence-corrected chi connectivity index (χ2v) is 25.3. The Balaban J connectivity index is 2.52. The van der Waals surface area contributed by atoms with Gasteiger partial charge in [-0.15, -0.1) is 0 Å². The first kappa shape index (κ1) is 26.5. The predicted molar refractivity (Wildman–Crippen MR) is 125 cm³/mol. The topological polar surface area (TPSA) is 71.1 Å². The molecule has 2 aliphatic rings. The predicted octanol–water partition coefficient (Wildman–Crippen LogP) is 4.50.